The van der Waals surface area contributed by atoms with Crippen molar-refractivity contribution in [3.05, 3.63) is 46.6 Å². The average molecular weight is 531 g/mol. The summed E-state index contributed by atoms with van der Waals surface area (Å²) in [5, 5.41) is 8.77. The maximum atomic E-state index is 11.0. The van der Waals surface area contributed by atoms with Crippen molar-refractivity contribution in [1.29, 1.82) is 0 Å². The molecule has 15 heteroatoms. The van der Waals surface area contributed by atoms with Crippen LogP contribution in [0.25, 0.3) is 0 Å². The normalized spacial score (nSPS) is 10.8. The van der Waals surface area contributed by atoms with Gasteiger partial charge in [0.2, 0.25) is 14.3 Å². The van der Waals surface area contributed by atoms with Gasteiger partial charge in [-0.3, -0.25) is 0 Å². The summed E-state index contributed by atoms with van der Waals surface area (Å²) in [5.41, 5.74) is 2.91. The summed E-state index contributed by atoms with van der Waals surface area (Å²) >= 11 is 4.82. The van der Waals surface area contributed by atoms with Crippen LogP contribution in [0.15, 0.2) is 12.7 Å². The average Bonchev–Trinajstić information content (AvgIpc) is 2.85. The molecule has 3 heterocycles. The zero-order chi connectivity index (χ0) is 20.7. The second-order valence-corrected chi connectivity index (χ2v) is 7.68. The number of carboxylic acids is 1. The molecule has 1 aliphatic rings. The first kappa shape index (κ1) is 31.6. The van der Waals surface area contributed by atoms with Gasteiger partial charge in [0.1, 0.15) is 12.7 Å². The predicted octanol–water partition coefficient (Wildman–Crippen LogP) is 2.47. The third kappa shape index (κ3) is 10.1. The van der Waals surface area contributed by atoms with Gasteiger partial charge in [-0.25, -0.2) is 33.7 Å². The number of carboxylic acid groups (broad SMARTS) is 1. The van der Waals surface area contributed by atoms with Crippen molar-refractivity contribution in [3.63, 3.8) is 0 Å². The number of esters is 1. The van der Waals surface area contributed by atoms with E-state index in [-0.39, 0.29) is 91.9 Å². The number of carbonyl (C=O) groups is 2. The van der Waals surface area contributed by atoms with E-state index in [9.17, 15) is 9.59 Å². The Balaban J connectivity index is 0. The van der Waals surface area contributed by atoms with Crippen molar-refractivity contribution in [2.24, 2.45) is 0 Å². The van der Waals surface area contributed by atoms with E-state index in [2.05, 4.69) is 41.3 Å². The number of thiocarbonyl (C=S) groups is 1. The summed E-state index contributed by atoms with van der Waals surface area (Å²) in [6, 6.07) is 0. The predicted molar refractivity (Wildman–Crippen MR) is 102 cm³/mol. The van der Waals surface area contributed by atoms with Gasteiger partial charge in [-0.15, -0.1) is 0 Å². The maximum absolute atomic E-state index is 11.0. The number of cyclic esters (lactones) is 1. The molecule has 1 N–H and O–H groups in total. The molecule has 0 atom stereocenters. The minimum absolute atomic E-state index is 0. The summed E-state index contributed by atoms with van der Waals surface area (Å²) in [6.07, 6.45) is 2.58. The largest absolute Gasteiger partial charge is 0.477 e. The zero-order valence-corrected chi connectivity index (χ0v) is 19.4. The van der Waals surface area contributed by atoms with Crippen LogP contribution in [0, 0.1) is 96.2 Å². The van der Waals surface area contributed by atoms with Gasteiger partial charge in [-0.2, -0.15) is 0 Å². The number of aromatic carboxylic acids is 1. The molecule has 0 saturated carbocycles. The molecule has 0 saturated heterocycles. The van der Waals surface area contributed by atoms with E-state index in [1.54, 1.807) is 20.8 Å². The van der Waals surface area contributed by atoms with Crippen LogP contribution in [0.1, 0.15) is 43.5 Å². The van der Waals surface area contributed by atoms with Crippen molar-refractivity contribution in [2.45, 2.75) is 20.8 Å². The molecule has 9 nitrogen and oxygen atoms in total. The minimum Gasteiger partial charge on any atom is -0.477 e. The number of aromatic nitrogens is 4. The van der Waals surface area contributed by atoms with Crippen molar-refractivity contribution >= 4 is 59.8 Å². The number of hydrogen-bond acceptors (Lipinski definition) is 9. The second-order valence-electron chi connectivity index (χ2n) is 4.78. The Bertz CT molecular complexity index is 933. The van der Waals surface area contributed by atoms with Gasteiger partial charge >= 0.3 is 11.9 Å². The third-order valence-electron chi connectivity index (χ3n) is 3.16. The van der Waals surface area contributed by atoms with Crippen LogP contribution in [0.2, 0.25) is 0 Å². The van der Waals surface area contributed by atoms with Gasteiger partial charge in [0.05, 0.1) is 11.3 Å². The van der Waals surface area contributed by atoms with Crippen molar-refractivity contribution in [1.82, 2.24) is 19.9 Å². The first-order valence-electron chi connectivity index (χ1n) is 6.90. The summed E-state index contributed by atoms with van der Waals surface area (Å²) in [6.45, 7) is 5.21. The molecular weight excluding hydrogens is 519 g/mol. The van der Waals surface area contributed by atoms with E-state index in [1.165, 1.54) is 12.7 Å². The number of carbonyl (C=O) groups excluding carboxylic acids is 1. The summed E-state index contributed by atoms with van der Waals surface area (Å²) in [7, 11) is 7.36. The van der Waals surface area contributed by atoms with E-state index in [0.29, 0.717) is 22.5 Å². The number of nitrogens with zero attached hydrogens (tertiary/aromatic N) is 4. The molecule has 3 rings (SSSR count). The number of fused-ring (bicyclic) bond motifs is 1. The van der Waals surface area contributed by atoms with Gasteiger partial charge in [-0.05, 0) is 33.0 Å². The van der Waals surface area contributed by atoms with Crippen LogP contribution in [0.3, 0.4) is 0 Å². The Morgan fingerprint density at radius 1 is 1.07 bits per heavy atom. The molecule has 2 aromatic heterocycles. The molecule has 1 aliphatic heterocycles. The Morgan fingerprint density at radius 3 is 2.00 bits per heavy atom. The SMILES string of the molecule is Cc1ncnc(C(=O)O)c1C.Cc1ncnc2c1C(=S)OC2=O.O=S(Cl)Cl.[Ar].[Ar]. The third-order valence-corrected chi connectivity index (χ3v) is 3.45. The summed E-state index contributed by atoms with van der Waals surface area (Å²) < 4.78 is 13.8. The first-order chi connectivity index (χ1) is 12.6. The van der Waals surface area contributed by atoms with Crippen LogP contribution in [-0.2, 0) is 14.0 Å². The molecule has 0 amide bonds. The Hall–Kier alpha value is 0.439. The van der Waals surface area contributed by atoms with E-state index in [1.807, 2.05) is 0 Å². The van der Waals surface area contributed by atoms with Crippen LogP contribution in [-0.4, -0.2) is 46.2 Å². The van der Waals surface area contributed by atoms with E-state index in [4.69, 9.17) is 26.3 Å². The monoisotopic (exact) mass is 530 g/mol. The van der Waals surface area contributed by atoms with Crippen molar-refractivity contribution in [2.75, 3.05) is 0 Å². The van der Waals surface area contributed by atoms with E-state index in [0.717, 1.165) is 0 Å². The van der Waals surface area contributed by atoms with Gasteiger partial charge in [0.25, 0.3) is 0 Å². The Kier molecular flexibility index (Phi) is 16.7. The molecule has 0 fully saturated rings. The molecule has 29 heavy (non-hydrogen) atoms. The summed E-state index contributed by atoms with van der Waals surface area (Å²) in [5.74, 6) is -1.49. The number of halogens is 2. The summed E-state index contributed by atoms with van der Waals surface area (Å²) in [4.78, 5) is 36.7. The first-order valence-corrected chi connectivity index (χ1v) is 10.1. The molecule has 160 valence electrons. The molecule has 0 spiro atoms. The number of ether oxygens (including phenoxy) is 1. The van der Waals surface area contributed by atoms with E-state index >= 15 is 0 Å². The fourth-order valence-corrected chi connectivity index (χ4v) is 2.13. The van der Waals surface area contributed by atoms with Crippen LogP contribution >= 0.6 is 33.6 Å². The Labute approximate surface area is 242 Å². The fraction of sp³-hybridized carbons (Fsp3) is 0.214. The second kappa shape index (κ2) is 15.3. The van der Waals surface area contributed by atoms with Crippen LogP contribution < -0.4 is 0 Å². The number of hydrogen-bond donors (Lipinski definition) is 1. The van der Waals surface area contributed by atoms with Gasteiger partial charge in [0, 0.05) is 108 Å². The molecule has 2 aromatic rings. The standard InChI is InChI=1S/C7H4N2O2S.C7H8N2O2.2Ar.Cl2OS/c1-3-4-5(9-2-8-3)6(10)11-7(4)12;1-4-5(2)8-3-9-6(4)7(10)11;;;1-4(2)3/h2H,1H3;3H,1-2H3,(H,10,11);;;. The molecule has 0 aliphatic carbocycles. The molecule has 0 unspecified atom stereocenters. The van der Waals surface area contributed by atoms with Crippen LogP contribution in [0.4, 0.5) is 0 Å². The maximum Gasteiger partial charge on any atom is 0.364 e. The minimum atomic E-state index is -1.67. The van der Waals surface area contributed by atoms with Crippen molar-refractivity contribution in [3.8, 4) is 0 Å². The topological polar surface area (TPSA) is 132 Å². The van der Waals surface area contributed by atoms with Gasteiger partial charge < -0.3 is 9.84 Å². The molecule has 0 aromatic carbocycles. The number of aryl methyl sites for hydroxylation is 2. The van der Waals surface area contributed by atoms with Gasteiger partial charge in [-0.1, -0.05) is 0 Å². The molecular formula is C14H12Ar2Cl2N4O5S2. The van der Waals surface area contributed by atoms with E-state index < -0.39 is 21.2 Å². The smallest absolute Gasteiger partial charge is 0.364 e. The zero-order valence-electron chi connectivity index (χ0n) is 14.8. The molecule has 0 radical (unpaired) electrons. The van der Waals surface area contributed by atoms with Crippen molar-refractivity contribution < 1.29 is 99.1 Å². The van der Waals surface area contributed by atoms with Crippen LogP contribution in [0.5, 0.6) is 0 Å². The fourth-order valence-electron chi connectivity index (χ4n) is 1.81. The Morgan fingerprint density at radius 2 is 1.55 bits per heavy atom. The van der Waals surface area contributed by atoms with Gasteiger partial charge in [0.15, 0.2) is 11.4 Å². The quantitative estimate of drug-likeness (QED) is 0.333. The number of rotatable bonds is 1. The molecule has 0 bridgehead atoms.